The first-order valence-corrected chi connectivity index (χ1v) is 6.67. The maximum absolute atomic E-state index is 11.2. The van der Waals surface area contributed by atoms with Crippen LogP contribution in [0.5, 0.6) is 0 Å². The Morgan fingerprint density at radius 2 is 2.05 bits per heavy atom. The van der Waals surface area contributed by atoms with Crippen LogP contribution in [0.2, 0.25) is 5.15 Å². The predicted octanol–water partition coefficient (Wildman–Crippen LogP) is 3.54. The Morgan fingerprint density at radius 1 is 1.19 bits per heavy atom. The van der Waals surface area contributed by atoms with Crippen molar-refractivity contribution in [2.24, 2.45) is 0 Å². The molecule has 0 amide bonds. The zero-order chi connectivity index (χ0) is 14.8. The average molecular weight is 299 g/mol. The molecule has 1 N–H and O–H groups in total. The number of carbonyl (C=O) groups is 1. The summed E-state index contributed by atoms with van der Waals surface area (Å²) >= 11 is 5.98. The smallest absolute Gasteiger partial charge is 0.156 e. The van der Waals surface area contributed by atoms with Crippen LogP contribution >= 0.6 is 11.6 Å². The van der Waals surface area contributed by atoms with E-state index in [4.69, 9.17) is 11.6 Å². The molecule has 0 atom stereocenters. The number of rotatable bonds is 3. The van der Waals surface area contributed by atoms with Crippen molar-refractivity contribution < 1.29 is 4.79 Å². The van der Waals surface area contributed by atoms with Gasteiger partial charge >= 0.3 is 0 Å². The van der Waals surface area contributed by atoms with E-state index in [1.807, 2.05) is 30.3 Å². The van der Waals surface area contributed by atoms with Crippen LogP contribution in [0.1, 0.15) is 16.2 Å². The maximum atomic E-state index is 11.2. The molecule has 0 spiro atoms. The third kappa shape index (κ3) is 2.55. The lowest BCUT2D eigenvalue weighted by atomic mass is 10.2. The molecule has 5 nitrogen and oxygen atoms in total. The zero-order valence-electron chi connectivity index (χ0n) is 11.2. The molecule has 0 fully saturated rings. The number of halogens is 1. The van der Waals surface area contributed by atoms with Gasteiger partial charge in [-0.25, -0.2) is 9.97 Å². The Bertz CT molecular complexity index is 830. The molecule has 104 valence electrons. The summed E-state index contributed by atoms with van der Waals surface area (Å²) in [5, 5.41) is 4.21. The number of aromatic nitrogens is 3. The first-order valence-electron chi connectivity index (χ1n) is 6.29. The van der Waals surface area contributed by atoms with Gasteiger partial charge in [0.1, 0.15) is 16.8 Å². The molecule has 0 unspecified atom stereocenters. The maximum Gasteiger partial charge on any atom is 0.156 e. The van der Waals surface area contributed by atoms with Gasteiger partial charge in [-0.3, -0.25) is 9.78 Å². The minimum atomic E-state index is 0.137. The Morgan fingerprint density at radius 3 is 2.86 bits per heavy atom. The van der Waals surface area contributed by atoms with Crippen LogP contribution in [0.25, 0.3) is 10.9 Å². The van der Waals surface area contributed by atoms with E-state index in [0.29, 0.717) is 17.9 Å². The second kappa shape index (κ2) is 5.46. The number of fused-ring (bicyclic) bond motifs is 1. The normalized spacial score (nSPS) is 10.6. The minimum Gasteiger partial charge on any atom is -0.339 e. The van der Waals surface area contributed by atoms with Crippen molar-refractivity contribution in [3.8, 4) is 0 Å². The van der Waals surface area contributed by atoms with E-state index in [2.05, 4.69) is 20.3 Å². The Labute approximate surface area is 126 Å². The summed E-state index contributed by atoms with van der Waals surface area (Å²) < 4.78 is 0. The lowest BCUT2D eigenvalue weighted by Gasteiger charge is -2.11. The second-order valence-corrected chi connectivity index (χ2v) is 4.80. The van der Waals surface area contributed by atoms with Crippen LogP contribution < -0.4 is 5.32 Å². The summed E-state index contributed by atoms with van der Waals surface area (Å²) in [6, 6.07) is 9.49. The molecule has 2 aromatic heterocycles. The summed E-state index contributed by atoms with van der Waals surface area (Å²) in [6.45, 7) is 1.72. The number of anilines is 2. The fraction of sp³-hybridized carbons (Fsp3) is 0.0667. The van der Waals surface area contributed by atoms with Crippen molar-refractivity contribution in [3.63, 3.8) is 0 Å². The Hall–Kier alpha value is -2.53. The molecule has 21 heavy (non-hydrogen) atoms. The van der Waals surface area contributed by atoms with E-state index in [0.717, 1.165) is 16.6 Å². The number of nitrogens with one attached hydrogen (secondary N) is 1. The summed E-state index contributed by atoms with van der Waals surface area (Å²) in [4.78, 5) is 23.7. The molecule has 1 aromatic carbocycles. The lowest BCUT2D eigenvalue weighted by molar-refractivity contribution is 0.112. The fourth-order valence-electron chi connectivity index (χ4n) is 2.09. The zero-order valence-corrected chi connectivity index (χ0v) is 11.9. The molecule has 0 aliphatic heterocycles. The Kier molecular flexibility index (Phi) is 3.50. The van der Waals surface area contributed by atoms with Gasteiger partial charge in [-0.15, -0.1) is 0 Å². The van der Waals surface area contributed by atoms with Gasteiger partial charge in [0.25, 0.3) is 0 Å². The van der Waals surface area contributed by atoms with Crippen LogP contribution in [0, 0.1) is 6.92 Å². The number of hydrogen-bond donors (Lipinski definition) is 1. The third-order valence-electron chi connectivity index (χ3n) is 3.03. The summed E-state index contributed by atoms with van der Waals surface area (Å²) in [5.41, 5.74) is 1.90. The van der Waals surface area contributed by atoms with Gasteiger partial charge in [-0.05, 0) is 31.2 Å². The van der Waals surface area contributed by atoms with Crippen molar-refractivity contribution in [2.75, 3.05) is 5.32 Å². The van der Waals surface area contributed by atoms with Crippen LogP contribution in [0.3, 0.4) is 0 Å². The number of aryl methyl sites for hydroxylation is 1. The molecule has 0 saturated carbocycles. The third-order valence-corrected chi connectivity index (χ3v) is 3.32. The molecular formula is C15H11ClN4O. The molecule has 0 saturated heterocycles. The summed E-state index contributed by atoms with van der Waals surface area (Å²) in [5.74, 6) is 0.880. The van der Waals surface area contributed by atoms with Gasteiger partial charge in [0.2, 0.25) is 0 Å². The van der Waals surface area contributed by atoms with Crippen LogP contribution in [-0.4, -0.2) is 21.2 Å². The van der Waals surface area contributed by atoms with E-state index in [-0.39, 0.29) is 10.7 Å². The van der Waals surface area contributed by atoms with Crippen molar-refractivity contribution in [1.82, 2.24) is 15.0 Å². The van der Waals surface area contributed by atoms with Crippen LogP contribution in [0.15, 0.2) is 36.5 Å². The minimum absolute atomic E-state index is 0.137. The molecule has 2 heterocycles. The van der Waals surface area contributed by atoms with E-state index >= 15 is 0 Å². The highest BCUT2D eigenvalue weighted by Crippen LogP contribution is 2.27. The van der Waals surface area contributed by atoms with Gasteiger partial charge in [0, 0.05) is 17.3 Å². The standard InChI is InChI=1S/C15H11ClN4O/c1-9-18-14(16)11(8-21)15(19-9)20-13-6-2-5-12-10(13)4-3-7-17-12/h2-8H,1H3,(H,18,19,20). The number of hydrogen-bond acceptors (Lipinski definition) is 5. The highest BCUT2D eigenvalue weighted by atomic mass is 35.5. The molecule has 3 rings (SSSR count). The molecule has 0 aliphatic carbocycles. The quantitative estimate of drug-likeness (QED) is 0.591. The number of carbonyl (C=O) groups excluding carboxylic acids is 1. The van der Waals surface area contributed by atoms with E-state index in [1.54, 1.807) is 13.1 Å². The molecule has 0 aliphatic rings. The van der Waals surface area contributed by atoms with Gasteiger partial charge in [0.15, 0.2) is 6.29 Å². The average Bonchev–Trinajstić information content (AvgIpc) is 2.47. The largest absolute Gasteiger partial charge is 0.339 e. The monoisotopic (exact) mass is 298 g/mol. The van der Waals surface area contributed by atoms with Gasteiger partial charge < -0.3 is 5.32 Å². The highest BCUT2D eigenvalue weighted by Gasteiger charge is 2.12. The van der Waals surface area contributed by atoms with Crippen LogP contribution in [0.4, 0.5) is 11.5 Å². The number of nitrogens with zero attached hydrogens (tertiary/aromatic N) is 3. The van der Waals surface area contributed by atoms with Crippen molar-refractivity contribution in [1.29, 1.82) is 0 Å². The van der Waals surface area contributed by atoms with E-state index in [1.165, 1.54) is 0 Å². The Balaban J connectivity index is 2.13. The van der Waals surface area contributed by atoms with E-state index in [9.17, 15) is 4.79 Å². The van der Waals surface area contributed by atoms with Crippen LogP contribution in [-0.2, 0) is 0 Å². The SMILES string of the molecule is Cc1nc(Cl)c(C=O)c(Nc2cccc3ncccc23)n1. The molecule has 6 heteroatoms. The first kappa shape index (κ1) is 13.5. The summed E-state index contributed by atoms with van der Waals surface area (Å²) in [6.07, 6.45) is 2.38. The highest BCUT2D eigenvalue weighted by molar-refractivity contribution is 6.32. The first-order chi connectivity index (χ1) is 10.2. The molecule has 3 aromatic rings. The number of aldehydes is 1. The topological polar surface area (TPSA) is 67.8 Å². The number of pyridine rings is 1. The number of benzene rings is 1. The molecular weight excluding hydrogens is 288 g/mol. The van der Waals surface area contributed by atoms with Gasteiger partial charge in [-0.2, -0.15) is 0 Å². The fourth-order valence-corrected chi connectivity index (χ4v) is 2.34. The molecule has 0 radical (unpaired) electrons. The second-order valence-electron chi connectivity index (χ2n) is 4.44. The lowest BCUT2D eigenvalue weighted by Crippen LogP contribution is -2.03. The van der Waals surface area contributed by atoms with Gasteiger partial charge in [-0.1, -0.05) is 17.7 Å². The predicted molar refractivity (Wildman–Crippen MR) is 82.2 cm³/mol. The van der Waals surface area contributed by atoms with Crippen molar-refractivity contribution in [3.05, 3.63) is 53.1 Å². The van der Waals surface area contributed by atoms with Crippen molar-refractivity contribution in [2.45, 2.75) is 6.92 Å². The van der Waals surface area contributed by atoms with Gasteiger partial charge in [0.05, 0.1) is 11.1 Å². The van der Waals surface area contributed by atoms with Crippen molar-refractivity contribution >= 4 is 40.3 Å². The summed E-state index contributed by atoms with van der Waals surface area (Å²) in [7, 11) is 0. The molecule has 0 bridgehead atoms. The van der Waals surface area contributed by atoms with E-state index < -0.39 is 0 Å².